The van der Waals surface area contributed by atoms with Gasteiger partial charge >= 0.3 is 0 Å². The molecule has 0 saturated carbocycles. The van der Waals surface area contributed by atoms with E-state index >= 15 is 0 Å². The molecule has 0 bridgehead atoms. The molecule has 9 aromatic carbocycles. The summed E-state index contributed by atoms with van der Waals surface area (Å²) in [7, 11) is 0. The van der Waals surface area contributed by atoms with Crippen molar-refractivity contribution < 1.29 is 9.15 Å². The average Bonchev–Trinajstić information content (AvgIpc) is 3.90. The van der Waals surface area contributed by atoms with Gasteiger partial charge in [0.2, 0.25) is 0 Å². The summed E-state index contributed by atoms with van der Waals surface area (Å²) in [5, 5.41) is 5.10. The first-order chi connectivity index (χ1) is 32.2. The number of hydrogen-bond donors (Lipinski definition) is 0. The van der Waals surface area contributed by atoms with Crippen LogP contribution in [0.5, 0.6) is 11.5 Å². The van der Waals surface area contributed by atoms with Crippen LogP contribution in [0.4, 0.5) is 0 Å². The van der Waals surface area contributed by atoms with Gasteiger partial charge in [-0.15, -0.1) is 0 Å². The lowest BCUT2D eigenvalue weighted by Gasteiger charge is -2.39. The van der Waals surface area contributed by atoms with Gasteiger partial charge in [0.05, 0.1) is 22.2 Å². The van der Waals surface area contributed by atoms with Crippen molar-refractivity contribution >= 4 is 43.6 Å². The molecule has 0 atom stereocenters. The van der Waals surface area contributed by atoms with Gasteiger partial charge in [-0.3, -0.25) is 0 Å². The number of ether oxygens (including phenoxy) is 1. The number of benzene rings is 9. The van der Waals surface area contributed by atoms with Gasteiger partial charge < -0.3 is 9.15 Å². The molecule has 6 heteroatoms. The highest BCUT2D eigenvalue weighted by molar-refractivity contribution is 6.13. The van der Waals surface area contributed by atoms with E-state index in [1.165, 1.54) is 22.3 Å². The molecule has 1 spiro atoms. The summed E-state index contributed by atoms with van der Waals surface area (Å²) in [5.41, 5.74) is 13.4. The molecular weight excluding hydrogens is 797 g/mol. The standard InChI is InChI=1S/C59H34N4O2/c1-3-16-35(17-4-1)54-45-34-53-49(59(48-27-12-14-29-52(48)64-53)46-25-10-7-20-38(46)39-21-8-11-26-47(39)59)33-43(45)44-32-37(30-31-50(44)60-54)57-61-56(36-18-5-2-6-19-36)62-58(63-57)42-24-15-23-41-40-22-9-13-28-51(40)65-55(41)42/h1-34H. The number of para-hydroxylation sites is 3. The second-order valence-corrected chi connectivity index (χ2v) is 16.8. The van der Waals surface area contributed by atoms with Gasteiger partial charge in [-0.25, -0.2) is 19.9 Å². The van der Waals surface area contributed by atoms with Crippen LogP contribution in [0.1, 0.15) is 22.3 Å². The largest absolute Gasteiger partial charge is 0.457 e. The Bertz CT molecular complexity index is 3890. The maximum Gasteiger partial charge on any atom is 0.167 e. The number of fused-ring (bicyclic) bond motifs is 15. The van der Waals surface area contributed by atoms with Gasteiger partial charge in [-0.05, 0) is 76.2 Å². The van der Waals surface area contributed by atoms with Crippen molar-refractivity contribution in [3.05, 3.63) is 229 Å². The minimum absolute atomic E-state index is 0.534. The van der Waals surface area contributed by atoms with Crippen molar-refractivity contribution in [1.82, 2.24) is 19.9 Å². The Balaban J connectivity index is 1.05. The fraction of sp³-hybridized carbons (Fsp3) is 0.0169. The highest BCUT2D eigenvalue weighted by Gasteiger charge is 2.51. The Morgan fingerprint density at radius 1 is 0.338 bits per heavy atom. The molecule has 302 valence electrons. The molecule has 0 fully saturated rings. The number of furan rings is 1. The molecule has 0 amide bonds. The predicted octanol–water partition coefficient (Wildman–Crippen LogP) is 14.6. The van der Waals surface area contributed by atoms with Crippen LogP contribution in [0.3, 0.4) is 0 Å². The monoisotopic (exact) mass is 830 g/mol. The summed E-state index contributed by atoms with van der Waals surface area (Å²) in [4.78, 5) is 21.0. The molecule has 6 nitrogen and oxygen atoms in total. The summed E-state index contributed by atoms with van der Waals surface area (Å²) < 4.78 is 13.5. The van der Waals surface area contributed by atoms with E-state index in [0.29, 0.717) is 17.5 Å². The van der Waals surface area contributed by atoms with Gasteiger partial charge in [-0.2, -0.15) is 0 Å². The van der Waals surface area contributed by atoms with Crippen LogP contribution in [-0.2, 0) is 5.41 Å². The van der Waals surface area contributed by atoms with E-state index in [2.05, 4.69) is 140 Å². The van der Waals surface area contributed by atoms with E-state index in [-0.39, 0.29) is 0 Å². The predicted molar refractivity (Wildman–Crippen MR) is 259 cm³/mol. The zero-order chi connectivity index (χ0) is 42.6. The third-order valence-electron chi connectivity index (χ3n) is 13.4. The first-order valence-corrected chi connectivity index (χ1v) is 21.9. The molecule has 3 aromatic heterocycles. The summed E-state index contributed by atoms with van der Waals surface area (Å²) in [6.07, 6.45) is 0. The van der Waals surface area contributed by atoms with Crippen molar-refractivity contribution in [2.24, 2.45) is 0 Å². The number of hydrogen-bond acceptors (Lipinski definition) is 6. The van der Waals surface area contributed by atoms with Crippen molar-refractivity contribution in [3.8, 4) is 68.0 Å². The first-order valence-electron chi connectivity index (χ1n) is 21.9. The molecule has 0 radical (unpaired) electrons. The van der Waals surface area contributed by atoms with Gasteiger partial charge in [0, 0.05) is 49.4 Å². The lowest BCUT2D eigenvalue weighted by molar-refractivity contribution is 0.437. The van der Waals surface area contributed by atoms with E-state index < -0.39 is 5.41 Å². The van der Waals surface area contributed by atoms with Gasteiger partial charge in [-0.1, -0.05) is 158 Å². The Morgan fingerprint density at radius 2 is 0.954 bits per heavy atom. The minimum atomic E-state index is -0.628. The lowest BCUT2D eigenvalue weighted by Crippen LogP contribution is -2.32. The highest BCUT2D eigenvalue weighted by Crippen LogP contribution is 2.62. The maximum atomic E-state index is 7.00. The Kier molecular flexibility index (Phi) is 7.51. The number of rotatable bonds is 4. The second-order valence-electron chi connectivity index (χ2n) is 16.8. The molecule has 2 aliphatic rings. The van der Waals surface area contributed by atoms with Gasteiger partial charge in [0.15, 0.2) is 17.5 Å². The summed E-state index contributed by atoms with van der Waals surface area (Å²) >= 11 is 0. The van der Waals surface area contributed by atoms with Crippen molar-refractivity contribution in [2.45, 2.75) is 5.41 Å². The normalized spacial score (nSPS) is 13.2. The van der Waals surface area contributed by atoms with E-state index in [1.54, 1.807) is 0 Å². The Morgan fingerprint density at radius 3 is 1.74 bits per heavy atom. The molecular formula is C59H34N4O2. The molecule has 14 rings (SSSR count). The summed E-state index contributed by atoms with van der Waals surface area (Å²) in [5.74, 6) is 3.32. The average molecular weight is 831 g/mol. The fourth-order valence-corrected chi connectivity index (χ4v) is 10.6. The molecule has 1 aliphatic carbocycles. The van der Waals surface area contributed by atoms with E-state index in [1.807, 2.05) is 66.7 Å². The molecule has 1 aliphatic heterocycles. The maximum absolute atomic E-state index is 7.00. The van der Waals surface area contributed by atoms with Crippen molar-refractivity contribution in [2.75, 3.05) is 0 Å². The van der Waals surface area contributed by atoms with Crippen LogP contribution in [-0.4, -0.2) is 19.9 Å². The Hall–Kier alpha value is -8.74. The van der Waals surface area contributed by atoms with Gasteiger partial charge in [0.25, 0.3) is 0 Å². The van der Waals surface area contributed by atoms with Crippen LogP contribution in [0.15, 0.2) is 211 Å². The minimum Gasteiger partial charge on any atom is -0.457 e. The van der Waals surface area contributed by atoms with E-state index in [0.717, 1.165) is 94.2 Å². The summed E-state index contributed by atoms with van der Waals surface area (Å²) in [6.45, 7) is 0. The third kappa shape index (κ3) is 5.16. The molecule has 0 unspecified atom stereocenters. The van der Waals surface area contributed by atoms with Crippen LogP contribution >= 0.6 is 0 Å². The molecule has 0 saturated heterocycles. The first kappa shape index (κ1) is 35.8. The Labute approximate surface area is 373 Å². The molecule has 12 aromatic rings. The van der Waals surface area contributed by atoms with E-state index in [4.69, 9.17) is 29.1 Å². The van der Waals surface area contributed by atoms with Crippen molar-refractivity contribution in [3.63, 3.8) is 0 Å². The van der Waals surface area contributed by atoms with Crippen LogP contribution in [0, 0.1) is 0 Å². The summed E-state index contributed by atoms with van der Waals surface area (Å²) in [6, 6.07) is 71.9. The number of pyridine rings is 1. The van der Waals surface area contributed by atoms with Crippen LogP contribution in [0.2, 0.25) is 0 Å². The van der Waals surface area contributed by atoms with Crippen molar-refractivity contribution in [1.29, 1.82) is 0 Å². The smallest absolute Gasteiger partial charge is 0.167 e. The number of nitrogens with zero attached hydrogens (tertiary/aromatic N) is 4. The zero-order valence-electron chi connectivity index (χ0n) is 34.7. The zero-order valence-corrected chi connectivity index (χ0v) is 34.7. The third-order valence-corrected chi connectivity index (χ3v) is 13.4. The highest BCUT2D eigenvalue weighted by atomic mass is 16.5. The van der Waals surface area contributed by atoms with Crippen LogP contribution in [0.25, 0.3) is 100 Å². The van der Waals surface area contributed by atoms with E-state index in [9.17, 15) is 0 Å². The topological polar surface area (TPSA) is 73.9 Å². The molecule has 0 N–H and O–H groups in total. The molecule has 4 heterocycles. The second kappa shape index (κ2) is 13.6. The SMILES string of the molecule is c1ccc(-c2nc(-c3ccc4nc(-c5ccccc5)c5cc6c(cc5c4c3)C3(c4ccccc4O6)c4ccccc4-c4ccccc43)nc(-c3cccc4c3oc3ccccc34)n2)cc1. The lowest BCUT2D eigenvalue weighted by atomic mass is 9.65. The molecule has 65 heavy (non-hydrogen) atoms. The number of aromatic nitrogens is 4. The van der Waals surface area contributed by atoms with Gasteiger partial charge in [0.1, 0.15) is 22.7 Å². The fourth-order valence-electron chi connectivity index (χ4n) is 10.6. The van der Waals surface area contributed by atoms with Crippen LogP contribution < -0.4 is 4.74 Å². The quantitative estimate of drug-likeness (QED) is 0.165.